The van der Waals surface area contributed by atoms with E-state index in [9.17, 15) is 4.79 Å². The summed E-state index contributed by atoms with van der Waals surface area (Å²) in [5, 5.41) is 10.3. The molecule has 3 aromatic heterocycles. The molecule has 1 aromatic carbocycles. The zero-order valence-electron chi connectivity index (χ0n) is 18.4. The number of carbonyl (C=O) groups is 1. The number of amides is 1. The van der Waals surface area contributed by atoms with E-state index in [1.807, 2.05) is 19.1 Å². The lowest BCUT2D eigenvalue weighted by molar-refractivity contribution is 0.0729. The van der Waals surface area contributed by atoms with Gasteiger partial charge in [0.15, 0.2) is 5.13 Å². The van der Waals surface area contributed by atoms with Crippen molar-refractivity contribution in [3.63, 3.8) is 0 Å². The minimum Gasteiger partial charge on any atom is -0.383 e. The summed E-state index contributed by atoms with van der Waals surface area (Å²) in [6.45, 7) is 2.96. The third-order valence-corrected chi connectivity index (χ3v) is 6.62. The van der Waals surface area contributed by atoms with Gasteiger partial charge in [0, 0.05) is 33.8 Å². The number of nitrogens with two attached hydrogens (primary N) is 2. The average Bonchev–Trinajstić information content (AvgIpc) is 3.44. The van der Waals surface area contributed by atoms with Crippen LogP contribution < -0.4 is 11.5 Å². The standard InChI is InChI=1S/C24H21N7O2S/c1-13-21-19(12-33-13)18-6-15(3-5-20(18)30-22(21)26)23(32)31(11-17-9-29-24(27)34-17)10-16-4-2-14(7-25)8-28-16/h2-6,8-9,13H,10-12H2,1H3,(H2,26,30)(H2,27,29)/t13-/m0/s1. The van der Waals surface area contributed by atoms with Crippen molar-refractivity contribution in [3.8, 4) is 6.07 Å². The van der Waals surface area contributed by atoms with Gasteiger partial charge in [-0.15, -0.1) is 11.3 Å². The number of pyridine rings is 2. The van der Waals surface area contributed by atoms with E-state index in [-0.39, 0.29) is 18.6 Å². The Morgan fingerprint density at radius 2 is 2.09 bits per heavy atom. The van der Waals surface area contributed by atoms with E-state index in [1.54, 1.807) is 29.3 Å². The highest BCUT2D eigenvalue weighted by molar-refractivity contribution is 7.15. The normalized spacial score (nSPS) is 14.6. The third kappa shape index (κ3) is 4.03. The van der Waals surface area contributed by atoms with Crippen LogP contribution in [0, 0.1) is 11.3 Å². The van der Waals surface area contributed by atoms with Gasteiger partial charge in [-0.1, -0.05) is 0 Å². The molecule has 4 aromatic rings. The molecule has 0 saturated heterocycles. The lowest BCUT2D eigenvalue weighted by Crippen LogP contribution is -2.30. The summed E-state index contributed by atoms with van der Waals surface area (Å²) >= 11 is 1.33. The number of carbonyl (C=O) groups excluding carboxylic acids is 1. The lowest BCUT2D eigenvalue weighted by Gasteiger charge is -2.22. The van der Waals surface area contributed by atoms with E-state index in [4.69, 9.17) is 21.5 Å². The summed E-state index contributed by atoms with van der Waals surface area (Å²) < 4.78 is 5.78. The molecule has 9 nitrogen and oxygen atoms in total. The Labute approximate surface area is 199 Å². The maximum absolute atomic E-state index is 13.7. The Hall–Kier alpha value is -4.07. The SMILES string of the molecule is C[C@@H]1OCc2c1c(N)nc1ccc(C(=O)N(Cc3ccc(C#N)cn3)Cc3cnc(N)s3)cc21. The zero-order chi connectivity index (χ0) is 23.8. The van der Waals surface area contributed by atoms with Crippen LogP contribution in [0.25, 0.3) is 10.9 Å². The van der Waals surface area contributed by atoms with Crippen LogP contribution in [0.1, 0.15) is 50.6 Å². The molecule has 4 heterocycles. The molecule has 5 rings (SSSR count). The molecule has 34 heavy (non-hydrogen) atoms. The quantitative estimate of drug-likeness (QED) is 0.449. The van der Waals surface area contributed by atoms with Crippen LogP contribution in [-0.2, 0) is 24.4 Å². The zero-order valence-corrected chi connectivity index (χ0v) is 19.2. The monoisotopic (exact) mass is 471 g/mol. The fraction of sp³-hybridized carbons (Fsp3) is 0.208. The van der Waals surface area contributed by atoms with Crippen LogP contribution in [0.15, 0.2) is 42.7 Å². The summed E-state index contributed by atoms with van der Waals surface area (Å²) in [4.78, 5) is 29.2. The predicted molar refractivity (Wildman–Crippen MR) is 128 cm³/mol. The van der Waals surface area contributed by atoms with Crippen LogP contribution in [-0.4, -0.2) is 25.8 Å². The summed E-state index contributed by atoms with van der Waals surface area (Å²) in [7, 11) is 0. The maximum atomic E-state index is 13.7. The summed E-state index contributed by atoms with van der Waals surface area (Å²) in [5.74, 6) is 0.292. The molecule has 10 heteroatoms. The molecule has 1 atom stereocenters. The predicted octanol–water partition coefficient (Wildman–Crippen LogP) is 3.56. The number of ether oxygens (including phenoxy) is 1. The smallest absolute Gasteiger partial charge is 0.254 e. The Balaban J connectivity index is 1.51. The first kappa shape index (κ1) is 21.8. The van der Waals surface area contributed by atoms with Crippen LogP contribution in [0.3, 0.4) is 0 Å². The molecule has 0 bridgehead atoms. The number of benzene rings is 1. The molecule has 1 aliphatic rings. The second-order valence-electron chi connectivity index (χ2n) is 8.05. The number of fused-ring (bicyclic) bond motifs is 3. The van der Waals surface area contributed by atoms with E-state index in [2.05, 4.69) is 21.0 Å². The van der Waals surface area contributed by atoms with Crippen molar-refractivity contribution in [1.82, 2.24) is 19.9 Å². The number of hydrogen-bond acceptors (Lipinski definition) is 9. The number of nitrogen functional groups attached to an aromatic ring is 2. The number of rotatable bonds is 5. The van der Waals surface area contributed by atoms with E-state index in [0.29, 0.717) is 40.9 Å². The third-order valence-electron chi connectivity index (χ3n) is 5.81. The second-order valence-corrected chi connectivity index (χ2v) is 9.20. The number of thiazole rings is 1. The number of hydrogen-bond donors (Lipinski definition) is 2. The number of anilines is 2. The maximum Gasteiger partial charge on any atom is 0.254 e. The van der Waals surface area contributed by atoms with Gasteiger partial charge in [-0.2, -0.15) is 5.26 Å². The molecular weight excluding hydrogens is 450 g/mol. The molecular formula is C24H21N7O2S. The van der Waals surface area contributed by atoms with Gasteiger partial charge >= 0.3 is 0 Å². The highest BCUT2D eigenvalue weighted by atomic mass is 32.1. The molecule has 1 amide bonds. The van der Waals surface area contributed by atoms with Gasteiger partial charge < -0.3 is 21.1 Å². The van der Waals surface area contributed by atoms with Gasteiger partial charge in [0.1, 0.15) is 11.9 Å². The molecule has 1 aliphatic heterocycles. The Morgan fingerprint density at radius 3 is 2.79 bits per heavy atom. The fourth-order valence-corrected chi connectivity index (χ4v) is 4.84. The fourth-order valence-electron chi connectivity index (χ4n) is 4.14. The Morgan fingerprint density at radius 1 is 1.24 bits per heavy atom. The molecule has 0 unspecified atom stereocenters. The van der Waals surface area contributed by atoms with Crippen molar-refractivity contribution in [2.45, 2.75) is 32.7 Å². The van der Waals surface area contributed by atoms with Crippen LogP contribution >= 0.6 is 11.3 Å². The molecule has 4 N–H and O–H groups in total. The highest BCUT2D eigenvalue weighted by Crippen LogP contribution is 2.38. The highest BCUT2D eigenvalue weighted by Gasteiger charge is 2.26. The minimum atomic E-state index is -0.169. The van der Waals surface area contributed by atoms with Crippen molar-refractivity contribution in [1.29, 1.82) is 5.26 Å². The van der Waals surface area contributed by atoms with Crippen molar-refractivity contribution < 1.29 is 9.53 Å². The van der Waals surface area contributed by atoms with Gasteiger partial charge in [0.05, 0.1) is 42.6 Å². The Bertz CT molecular complexity index is 1440. The van der Waals surface area contributed by atoms with E-state index < -0.39 is 0 Å². The first-order chi connectivity index (χ1) is 16.4. The molecule has 0 spiro atoms. The van der Waals surface area contributed by atoms with Crippen molar-refractivity contribution in [2.24, 2.45) is 0 Å². The number of nitriles is 1. The number of nitrogens with zero attached hydrogens (tertiary/aromatic N) is 5. The largest absolute Gasteiger partial charge is 0.383 e. The molecule has 170 valence electrons. The number of aromatic nitrogens is 3. The van der Waals surface area contributed by atoms with Gasteiger partial charge in [-0.25, -0.2) is 9.97 Å². The summed E-state index contributed by atoms with van der Waals surface area (Å²) in [6, 6.07) is 10.9. The van der Waals surface area contributed by atoms with Gasteiger partial charge in [0.2, 0.25) is 0 Å². The van der Waals surface area contributed by atoms with Crippen molar-refractivity contribution in [3.05, 3.63) is 75.6 Å². The van der Waals surface area contributed by atoms with Gasteiger partial charge in [-0.05, 0) is 42.8 Å². The van der Waals surface area contributed by atoms with Crippen molar-refractivity contribution in [2.75, 3.05) is 11.5 Å². The van der Waals surface area contributed by atoms with Gasteiger partial charge in [0.25, 0.3) is 5.91 Å². The van der Waals surface area contributed by atoms with Crippen LogP contribution in [0.5, 0.6) is 0 Å². The molecule has 0 fully saturated rings. The molecule has 0 saturated carbocycles. The van der Waals surface area contributed by atoms with Gasteiger partial charge in [-0.3, -0.25) is 9.78 Å². The minimum absolute atomic E-state index is 0.137. The van der Waals surface area contributed by atoms with E-state index in [0.717, 1.165) is 26.9 Å². The summed E-state index contributed by atoms with van der Waals surface area (Å²) in [6.07, 6.45) is 3.03. The van der Waals surface area contributed by atoms with Crippen molar-refractivity contribution >= 4 is 39.1 Å². The topological polar surface area (TPSA) is 144 Å². The molecule has 0 radical (unpaired) electrons. The van der Waals surface area contributed by atoms with Crippen LogP contribution in [0.2, 0.25) is 0 Å². The first-order valence-corrected chi connectivity index (χ1v) is 11.4. The average molecular weight is 472 g/mol. The second kappa shape index (κ2) is 8.70. The first-order valence-electron chi connectivity index (χ1n) is 10.6. The van der Waals surface area contributed by atoms with E-state index >= 15 is 0 Å². The molecule has 0 aliphatic carbocycles. The van der Waals surface area contributed by atoms with Crippen LogP contribution in [0.4, 0.5) is 10.9 Å². The summed E-state index contributed by atoms with van der Waals surface area (Å²) in [5.41, 5.74) is 16.2. The lowest BCUT2D eigenvalue weighted by atomic mass is 10.00. The Kier molecular flexibility index (Phi) is 5.57. The van der Waals surface area contributed by atoms with E-state index in [1.165, 1.54) is 17.5 Å².